The minimum atomic E-state index is 0.00412. The maximum absolute atomic E-state index is 11.9. The molecule has 1 aromatic carbocycles. The molecule has 0 saturated heterocycles. The van der Waals surface area contributed by atoms with E-state index in [1.807, 2.05) is 43.3 Å². The van der Waals surface area contributed by atoms with Crippen LogP contribution in [0.25, 0.3) is 10.9 Å². The van der Waals surface area contributed by atoms with E-state index in [0.717, 1.165) is 10.9 Å². The number of aromatic nitrogens is 1. The third-order valence-corrected chi connectivity index (χ3v) is 2.41. The first-order valence-electron chi connectivity index (χ1n) is 5.40. The molecule has 86 valence electrons. The molecule has 0 aliphatic heterocycles. The smallest absolute Gasteiger partial charge is 0.187 e. The molecule has 0 bridgehead atoms. The number of pyridine rings is 1. The first-order valence-corrected chi connectivity index (χ1v) is 5.40. The summed E-state index contributed by atoms with van der Waals surface area (Å²) in [5, 5.41) is 0.983. The number of hydrogen-bond donors (Lipinski definition) is 0. The van der Waals surface area contributed by atoms with Crippen molar-refractivity contribution < 1.29 is 4.79 Å². The van der Waals surface area contributed by atoms with E-state index in [2.05, 4.69) is 4.98 Å². The number of nitrogens with zero attached hydrogens (tertiary/aromatic N) is 2. The molecular weight excluding hydrogens is 212 g/mol. The van der Waals surface area contributed by atoms with Gasteiger partial charge in [-0.2, -0.15) is 0 Å². The van der Waals surface area contributed by atoms with Crippen LogP contribution in [0.15, 0.2) is 48.8 Å². The van der Waals surface area contributed by atoms with Gasteiger partial charge in [-0.15, -0.1) is 0 Å². The van der Waals surface area contributed by atoms with Crippen LogP contribution in [0.3, 0.4) is 0 Å². The molecule has 2 aromatic rings. The van der Waals surface area contributed by atoms with Crippen molar-refractivity contribution in [2.24, 2.45) is 0 Å². The number of fused-ring (bicyclic) bond motifs is 1. The summed E-state index contributed by atoms with van der Waals surface area (Å²) in [4.78, 5) is 17.9. The Morgan fingerprint density at radius 3 is 2.88 bits per heavy atom. The lowest BCUT2D eigenvalue weighted by molar-refractivity contribution is 0.104. The molecule has 17 heavy (non-hydrogen) atoms. The van der Waals surface area contributed by atoms with Crippen LogP contribution in [0.2, 0.25) is 0 Å². The Kier molecular flexibility index (Phi) is 3.19. The number of benzene rings is 1. The van der Waals surface area contributed by atoms with E-state index in [0.29, 0.717) is 5.56 Å². The number of allylic oxidation sites excluding steroid dienone is 1. The highest BCUT2D eigenvalue weighted by atomic mass is 16.1. The van der Waals surface area contributed by atoms with Crippen LogP contribution in [0.5, 0.6) is 0 Å². The van der Waals surface area contributed by atoms with Gasteiger partial charge in [0, 0.05) is 43.5 Å². The molecule has 0 amide bonds. The summed E-state index contributed by atoms with van der Waals surface area (Å²) in [6.45, 7) is 0. The first-order chi connectivity index (χ1) is 8.16. The van der Waals surface area contributed by atoms with Gasteiger partial charge in [0.15, 0.2) is 5.78 Å². The van der Waals surface area contributed by atoms with Crippen LogP contribution in [0.4, 0.5) is 0 Å². The van der Waals surface area contributed by atoms with Crippen LogP contribution < -0.4 is 0 Å². The van der Waals surface area contributed by atoms with Gasteiger partial charge in [-0.3, -0.25) is 9.78 Å². The molecule has 2 rings (SSSR count). The van der Waals surface area contributed by atoms with E-state index in [9.17, 15) is 4.79 Å². The Morgan fingerprint density at radius 1 is 1.29 bits per heavy atom. The fraction of sp³-hybridized carbons (Fsp3) is 0.143. The first kappa shape index (κ1) is 11.3. The van der Waals surface area contributed by atoms with Crippen molar-refractivity contribution in [2.75, 3.05) is 14.1 Å². The minimum absolute atomic E-state index is 0.00412. The zero-order chi connectivity index (χ0) is 12.3. The number of ketones is 1. The summed E-state index contributed by atoms with van der Waals surface area (Å²) in [5.41, 5.74) is 1.59. The summed E-state index contributed by atoms with van der Waals surface area (Å²) in [7, 11) is 3.77. The molecule has 0 N–H and O–H groups in total. The van der Waals surface area contributed by atoms with Gasteiger partial charge >= 0.3 is 0 Å². The summed E-state index contributed by atoms with van der Waals surface area (Å²) >= 11 is 0. The number of rotatable bonds is 3. The van der Waals surface area contributed by atoms with Crippen LogP contribution in [0.1, 0.15) is 10.4 Å². The van der Waals surface area contributed by atoms with Crippen molar-refractivity contribution >= 4 is 16.7 Å². The predicted molar refractivity (Wildman–Crippen MR) is 68.9 cm³/mol. The van der Waals surface area contributed by atoms with E-state index < -0.39 is 0 Å². The fourth-order valence-electron chi connectivity index (χ4n) is 1.54. The molecule has 0 radical (unpaired) electrons. The van der Waals surface area contributed by atoms with E-state index in [1.54, 1.807) is 24.5 Å². The normalized spacial score (nSPS) is 10.9. The van der Waals surface area contributed by atoms with Gasteiger partial charge in [-0.25, -0.2) is 0 Å². The second-order valence-corrected chi connectivity index (χ2v) is 4.05. The van der Waals surface area contributed by atoms with Crippen molar-refractivity contribution in [2.45, 2.75) is 0 Å². The molecule has 0 saturated carbocycles. The molecule has 0 spiro atoms. The molecule has 3 nitrogen and oxygen atoms in total. The van der Waals surface area contributed by atoms with Gasteiger partial charge in [-0.05, 0) is 24.3 Å². The van der Waals surface area contributed by atoms with Crippen LogP contribution in [-0.4, -0.2) is 29.8 Å². The quantitative estimate of drug-likeness (QED) is 0.595. The van der Waals surface area contributed by atoms with Crippen LogP contribution >= 0.6 is 0 Å². The lowest BCUT2D eigenvalue weighted by atomic mass is 10.1. The average Bonchev–Trinajstić information content (AvgIpc) is 2.35. The van der Waals surface area contributed by atoms with Crippen molar-refractivity contribution in [3.8, 4) is 0 Å². The molecule has 0 atom stereocenters. The Balaban J connectivity index is 2.33. The average molecular weight is 226 g/mol. The second-order valence-electron chi connectivity index (χ2n) is 4.05. The molecule has 0 unspecified atom stereocenters. The Bertz CT molecular complexity index is 573. The van der Waals surface area contributed by atoms with Crippen molar-refractivity contribution in [3.63, 3.8) is 0 Å². The van der Waals surface area contributed by atoms with Crippen LogP contribution in [-0.2, 0) is 0 Å². The van der Waals surface area contributed by atoms with Gasteiger partial charge in [-0.1, -0.05) is 6.07 Å². The van der Waals surface area contributed by atoms with Gasteiger partial charge < -0.3 is 4.90 Å². The highest BCUT2D eigenvalue weighted by Crippen LogP contribution is 2.14. The lowest BCUT2D eigenvalue weighted by Gasteiger charge is -2.03. The van der Waals surface area contributed by atoms with Gasteiger partial charge in [0.05, 0.1) is 5.52 Å². The zero-order valence-corrected chi connectivity index (χ0v) is 9.92. The maximum Gasteiger partial charge on any atom is 0.187 e. The summed E-state index contributed by atoms with van der Waals surface area (Å²) in [6, 6.07) is 9.36. The molecule has 0 aliphatic carbocycles. The molecule has 1 heterocycles. The van der Waals surface area contributed by atoms with E-state index in [4.69, 9.17) is 0 Å². The molecular formula is C14H14N2O. The van der Waals surface area contributed by atoms with Crippen molar-refractivity contribution in [3.05, 3.63) is 54.4 Å². The van der Waals surface area contributed by atoms with Gasteiger partial charge in [0.2, 0.25) is 0 Å². The van der Waals surface area contributed by atoms with Crippen LogP contribution in [0, 0.1) is 0 Å². The van der Waals surface area contributed by atoms with E-state index >= 15 is 0 Å². The van der Waals surface area contributed by atoms with Crippen molar-refractivity contribution in [1.82, 2.24) is 9.88 Å². The molecule has 0 fully saturated rings. The Hall–Kier alpha value is -2.16. The van der Waals surface area contributed by atoms with E-state index in [1.165, 1.54) is 0 Å². The molecule has 1 aromatic heterocycles. The zero-order valence-electron chi connectivity index (χ0n) is 9.92. The lowest BCUT2D eigenvalue weighted by Crippen LogP contribution is -2.03. The van der Waals surface area contributed by atoms with Gasteiger partial charge in [0.25, 0.3) is 0 Å². The number of hydrogen-bond acceptors (Lipinski definition) is 3. The number of carbonyl (C=O) groups is 1. The third-order valence-electron chi connectivity index (χ3n) is 2.41. The molecule has 3 heteroatoms. The fourth-order valence-corrected chi connectivity index (χ4v) is 1.54. The largest absolute Gasteiger partial charge is 0.383 e. The standard InChI is InChI=1S/C14H14N2O/c1-16(2)9-7-14(17)12-5-6-13-11(10-12)4-3-8-15-13/h3-10H,1-2H3. The SMILES string of the molecule is CN(C)C=CC(=O)c1ccc2ncccc2c1. The summed E-state index contributed by atoms with van der Waals surface area (Å²) in [6.07, 6.45) is 5.06. The Labute approximate surface area is 100 Å². The third kappa shape index (κ3) is 2.69. The van der Waals surface area contributed by atoms with Crippen molar-refractivity contribution in [1.29, 1.82) is 0 Å². The molecule has 0 aliphatic rings. The minimum Gasteiger partial charge on any atom is -0.383 e. The maximum atomic E-state index is 11.9. The highest BCUT2D eigenvalue weighted by molar-refractivity contribution is 6.06. The topological polar surface area (TPSA) is 33.2 Å². The second kappa shape index (κ2) is 4.78. The monoisotopic (exact) mass is 226 g/mol. The predicted octanol–water partition coefficient (Wildman–Crippen LogP) is 2.49. The summed E-state index contributed by atoms with van der Waals surface area (Å²) < 4.78 is 0. The van der Waals surface area contributed by atoms with Gasteiger partial charge in [0.1, 0.15) is 0 Å². The number of carbonyl (C=O) groups excluding carboxylic acids is 1. The summed E-state index contributed by atoms with van der Waals surface area (Å²) in [5.74, 6) is 0.00412. The highest BCUT2D eigenvalue weighted by Gasteiger charge is 2.03. The van der Waals surface area contributed by atoms with E-state index in [-0.39, 0.29) is 5.78 Å². The Morgan fingerprint density at radius 2 is 2.12 bits per heavy atom.